The number of amides is 2. The quantitative estimate of drug-likeness (QED) is 0.485. The van der Waals surface area contributed by atoms with Gasteiger partial charge in [0, 0.05) is 18.9 Å². The second-order valence-electron chi connectivity index (χ2n) is 5.58. The van der Waals surface area contributed by atoms with Crippen LogP contribution in [-0.2, 0) is 9.59 Å². The molecule has 25 heavy (non-hydrogen) atoms. The Hall–Kier alpha value is -3.35. The predicted octanol–water partition coefficient (Wildman–Crippen LogP) is 2.29. The highest BCUT2D eigenvalue weighted by Gasteiger charge is 2.30. The van der Waals surface area contributed by atoms with Gasteiger partial charge in [-0.1, -0.05) is 6.07 Å². The molecule has 0 radical (unpaired) electrons. The number of hydrogen-bond donors (Lipinski definition) is 0. The van der Waals surface area contributed by atoms with E-state index in [0.29, 0.717) is 22.9 Å². The van der Waals surface area contributed by atoms with Gasteiger partial charge in [-0.05, 0) is 30.3 Å². The Morgan fingerprint density at radius 1 is 0.960 bits per heavy atom. The molecule has 0 atom stereocenters. The summed E-state index contributed by atoms with van der Waals surface area (Å²) in [7, 11) is 0. The normalized spacial score (nSPS) is 15.6. The summed E-state index contributed by atoms with van der Waals surface area (Å²) in [5.74, 6) is 0.269. The molecule has 2 amide bonds. The molecular formula is C18H13NO6. The zero-order chi connectivity index (χ0) is 17.4. The summed E-state index contributed by atoms with van der Waals surface area (Å²) < 4.78 is 15.8. The first kappa shape index (κ1) is 15.2. The van der Waals surface area contributed by atoms with Crippen molar-refractivity contribution in [1.29, 1.82) is 0 Å². The monoisotopic (exact) mass is 339 g/mol. The number of imide groups is 1. The van der Waals surface area contributed by atoms with E-state index in [4.69, 9.17) is 14.2 Å². The second kappa shape index (κ2) is 5.94. The highest BCUT2D eigenvalue weighted by atomic mass is 16.7. The topological polar surface area (TPSA) is 82.1 Å². The minimum Gasteiger partial charge on any atom is -0.454 e. The van der Waals surface area contributed by atoms with Gasteiger partial charge in [0.1, 0.15) is 5.75 Å². The minimum atomic E-state index is -0.597. The number of carbonyl (C=O) groups excluding carboxylic acids is 3. The van der Waals surface area contributed by atoms with E-state index < -0.39 is 5.97 Å². The lowest BCUT2D eigenvalue weighted by atomic mass is 10.2. The number of esters is 1. The number of rotatable bonds is 3. The van der Waals surface area contributed by atoms with Crippen LogP contribution in [-0.4, -0.2) is 24.6 Å². The molecule has 7 nitrogen and oxygen atoms in total. The summed E-state index contributed by atoms with van der Waals surface area (Å²) in [4.78, 5) is 37.1. The third kappa shape index (κ3) is 2.80. The molecule has 0 aliphatic carbocycles. The summed E-state index contributed by atoms with van der Waals surface area (Å²) >= 11 is 0. The standard InChI is InChI=1S/C18H13NO6/c20-16-6-7-17(21)19(16)12-3-1-2-11(8-12)18(22)25-13-4-5-14-15(9-13)24-10-23-14/h1-5,8-9H,6-7,10H2. The number of anilines is 1. The van der Waals surface area contributed by atoms with Gasteiger partial charge in [0.25, 0.3) is 0 Å². The molecule has 0 N–H and O–H groups in total. The summed E-state index contributed by atoms with van der Waals surface area (Å²) in [6, 6.07) is 11.1. The third-order valence-electron chi connectivity index (χ3n) is 3.95. The van der Waals surface area contributed by atoms with E-state index in [0.717, 1.165) is 4.90 Å². The van der Waals surface area contributed by atoms with E-state index in [2.05, 4.69) is 0 Å². The number of benzene rings is 2. The molecular weight excluding hydrogens is 326 g/mol. The highest BCUT2D eigenvalue weighted by molar-refractivity contribution is 6.20. The van der Waals surface area contributed by atoms with Crippen LogP contribution in [0.5, 0.6) is 17.2 Å². The number of carbonyl (C=O) groups is 3. The smallest absolute Gasteiger partial charge is 0.343 e. The van der Waals surface area contributed by atoms with Crippen molar-refractivity contribution in [1.82, 2.24) is 0 Å². The molecule has 0 unspecified atom stereocenters. The van der Waals surface area contributed by atoms with E-state index in [9.17, 15) is 14.4 Å². The second-order valence-corrected chi connectivity index (χ2v) is 5.58. The summed E-state index contributed by atoms with van der Waals surface area (Å²) in [5, 5.41) is 0. The third-order valence-corrected chi connectivity index (χ3v) is 3.95. The average Bonchev–Trinajstić information content (AvgIpc) is 3.21. The zero-order valence-corrected chi connectivity index (χ0v) is 13.1. The fourth-order valence-electron chi connectivity index (χ4n) is 2.74. The lowest BCUT2D eigenvalue weighted by molar-refractivity contribution is -0.121. The average molecular weight is 339 g/mol. The van der Waals surface area contributed by atoms with Crippen LogP contribution in [0.15, 0.2) is 42.5 Å². The SMILES string of the molecule is O=C(Oc1ccc2c(c1)OCO2)c1cccc(N2C(=O)CCC2=O)c1. The van der Waals surface area contributed by atoms with Gasteiger partial charge in [0.2, 0.25) is 18.6 Å². The van der Waals surface area contributed by atoms with Gasteiger partial charge in [-0.15, -0.1) is 0 Å². The van der Waals surface area contributed by atoms with E-state index in [-0.39, 0.29) is 37.0 Å². The molecule has 1 saturated heterocycles. The molecule has 2 aliphatic heterocycles. The molecule has 0 aromatic heterocycles. The highest BCUT2D eigenvalue weighted by Crippen LogP contribution is 2.35. The van der Waals surface area contributed by atoms with Crippen molar-refractivity contribution in [2.45, 2.75) is 12.8 Å². The van der Waals surface area contributed by atoms with Crippen molar-refractivity contribution in [3.8, 4) is 17.2 Å². The molecule has 4 rings (SSSR count). The molecule has 0 bridgehead atoms. The van der Waals surface area contributed by atoms with E-state index in [1.165, 1.54) is 6.07 Å². The maximum Gasteiger partial charge on any atom is 0.343 e. The fraction of sp³-hybridized carbons (Fsp3) is 0.167. The number of ether oxygens (including phenoxy) is 3. The van der Waals surface area contributed by atoms with Gasteiger partial charge in [-0.3, -0.25) is 14.5 Å². The van der Waals surface area contributed by atoms with Gasteiger partial charge >= 0.3 is 5.97 Å². The maximum absolute atomic E-state index is 12.4. The Labute approximate surface area is 142 Å². The maximum atomic E-state index is 12.4. The van der Waals surface area contributed by atoms with Gasteiger partial charge in [-0.25, -0.2) is 4.79 Å². The molecule has 2 aromatic carbocycles. The van der Waals surface area contributed by atoms with Gasteiger partial charge in [0.05, 0.1) is 11.3 Å². The van der Waals surface area contributed by atoms with Crippen LogP contribution in [0.2, 0.25) is 0 Å². The van der Waals surface area contributed by atoms with Crippen molar-refractivity contribution in [2.75, 3.05) is 11.7 Å². The summed E-state index contributed by atoms with van der Waals surface area (Å²) in [6.07, 6.45) is 0.370. The fourth-order valence-corrected chi connectivity index (χ4v) is 2.74. The number of nitrogens with zero attached hydrogens (tertiary/aromatic N) is 1. The van der Waals surface area contributed by atoms with Crippen molar-refractivity contribution in [3.05, 3.63) is 48.0 Å². The Balaban J connectivity index is 1.55. The van der Waals surface area contributed by atoms with E-state index in [1.807, 2.05) is 0 Å². The minimum absolute atomic E-state index is 0.132. The lowest BCUT2D eigenvalue weighted by Gasteiger charge is -2.14. The Bertz CT molecular complexity index is 875. The Morgan fingerprint density at radius 3 is 2.52 bits per heavy atom. The number of fused-ring (bicyclic) bond motifs is 1. The van der Waals surface area contributed by atoms with Crippen LogP contribution in [0.25, 0.3) is 0 Å². The van der Waals surface area contributed by atoms with Crippen molar-refractivity contribution < 1.29 is 28.6 Å². The van der Waals surface area contributed by atoms with Crippen molar-refractivity contribution in [2.24, 2.45) is 0 Å². The van der Waals surface area contributed by atoms with Crippen LogP contribution in [0, 0.1) is 0 Å². The van der Waals surface area contributed by atoms with Crippen molar-refractivity contribution in [3.63, 3.8) is 0 Å². The lowest BCUT2D eigenvalue weighted by Crippen LogP contribution is -2.28. The molecule has 0 spiro atoms. The van der Waals surface area contributed by atoms with Gasteiger partial charge in [0.15, 0.2) is 11.5 Å². The Kier molecular flexibility index (Phi) is 3.61. The molecule has 2 aromatic rings. The molecule has 7 heteroatoms. The molecule has 126 valence electrons. The van der Waals surface area contributed by atoms with E-state index >= 15 is 0 Å². The summed E-state index contributed by atoms with van der Waals surface area (Å²) in [6.45, 7) is 0.132. The largest absolute Gasteiger partial charge is 0.454 e. The first-order valence-electron chi connectivity index (χ1n) is 7.69. The zero-order valence-electron chi connectivity index (χ0n) is 13.1. The van der Waals surface area contributed by atoms with Crippen LogP contribution >= 0.6 is 0 Å². The van der Waals surface area contributed by atoms with Crippen LogP contribution < -0.4 is 19.1 Å². The molecule has 2 aliphatic rings. The van der Waals surface area contributed by atoms with Crippen LogP contribution in [0.3, 0.4) is 0 Å². The van der Waals surface area contributed by atoms with Gasteiger partial charge < -0.3 is 14.2 Å². The first-order valence-corrected chi connectivity index (χ1v) is 7.69. The molecule has 0 saturated carbocycles. The number of hydrogen-bond acceptors (Lipinski definition) is 6. The van der Waals surface area contributed by atoms with Crippen LogP contribution in [0.1, 0.15) is 23.2 Å². The molecule has 1 fully saturated rings. The predicted molar refractivity (Wildman–Crippen MR) is 85.7 cm³/mol. The van der Waals surface area contributed by atoms with Crippen LogP contribution in [0.4, 0.5) is 5.69 Å². The van der Waals surface area contributed by atoms with Crippen molar-refractivity contribution >= 4 is 23.5 Å². The Morgan fingerprint density at radius 2 is 1.72 bits per heavy atom. The van der Waals surface area contributed by atoms with Gasteiger partial charge in [-0.2, -0.15) is 0 Å². The first-order chi connectivity index (χ1) is 12.1. The van der Waals surface area contributed by atoms with E-state index in [1.54, 1.807) is 36.4 Å². The molecule has 2 heterocycles. The summed E-state index contributed by atoms with van der Waals surface area (Å²) in [5.41, 5.74) is 0.607.